The van der Waals surface area contributed by atoms with E-state index in [0.29, 0.717) is 17.0 Å². The van der Waals surface area contributed by atoms with Gasteiger partial charge in [0.25, 0.3) is 0 Å². The molecule has 3 rings (SSSR count). The molecule has 92 valence electrons. The summed E-state index contributed by atoms with van der Waals surface area (Å²) >= 11 is 0. The van der Waals surface area contributed by atoms with Crippen molar-refractivity contribution >= 4 is 22.9 Å². The van der Waals surface area contributed by atoms with Gasteiger partial charge in [0.2, 0.25) is 5.95 Å². The van der Waals surface area contributed by atoms with Crippen LogP contribution in [0.3, 0.4) is 0 Å². The van der Waals surface area contributed by atoms with E-state index in [4.69, 9.17) is 11.5 Å². The number of nitrogen functional groups attached to an aromatic ring is 2. The number of imidazole rings is 1. The van der Waals surface area contributed by atoms with Crippen LogP contribution in [0, 0.1) is 0 Å². The van der Waals surface area contributed by atoms with Crippen LogP contribution in [0.4, 0.5) is 11.8 Å². The van der Waals surface area contributed by atoms with E-state index in [0.717, 1.165) is 5.69 Å². The van der Waals surface area contributed by atoms with Crippen molar-refractivity contribution in [1.29, 1.82) is 0 Å². The Morgan fingerprint density at radius 2 is 1.72 bits per heavy atom. The highest BCUT2D eigenvalue weighted by Gasteiger charge is 2.10. The Kier molecular flexibility index (Phi) is 3.03. The molecular formula is C11H10ClN6-. The van der Waals surface area contributed by atoms with E-state index in [-0.39, 0.29) is 18.4 Å². The van der Waals surface area contributed by atoms with Gasteiger partial charge in [0.1, 0.15) is 6.33 Å². The third-order valence-corrected chi connectivity index (χ3v) is 2.47. The number of aromatic nitrogens is 4. The number of nitrogens with two attached hydrogens (primary N) is 2. The Morgan fingerprint density at radius 3 is 2.44 bits per heavy atom. The van der Waals surface area contributed by atoms with E-state index in [1.54, 1.807) is 6.33 Å². The van der Waals surface area contributed by atoms with Gasteiger partial charge < -0.3 is 23.9 Å². The lowest BCUT2D eigenvalue weighted by Crippen LogP contribution is -3.00. The van der Waals surface area contributed by atoms with Crippen LogP contribution in [-0.2, 0) is 0 Å². The Balaban J connectivity index is 0.00000120. The van der Waals surface area contributed by atoms with E-state index < -0.39 is 0 Å². The van der Waals surface area contributed by atoms with Gasteiger partial charge in [-0.2, -0.15) is 9.97 Å². The maximum atomic E-state index is 5.74. The summed E-state index contributed by atoms with van der Waals surface area (Å²) in [5.41, 5.74) is 13.5. The molecule has 0 spiro atoms. The second-order valence-electron chi connectivity index (χ2n) is 3.59. The van der Waals surface area contributed by atoms with Crippen LogP contribution in [0.15, 0.2) is 36.7 Å². The molecule has 4 N–H and O–H groups in total. The van der Waals surface area contributed by atoms with Crippen LogP contribution >= 0.6 is 0 Å². The summed E-state index contributed by atoms with van der Waals surface area (Å²) in [7, 11) is 0. The van der Waals surface area contributed by atoms with Crippen LogP contribution in [-0.4, -0.2) is 19.5 Å². The molecule has 0 unspecified atom stereocenters. The molecule has 0 fully saturated rings. The van der Waals surface area contributed by atoms with Gasteiger partial charge in [0.15, 0.2) is 17.0 Å². The summed E-state index contributed by atoms with van der Waals surface area (Å²) < 4.78 is 1.82. The van der Waals surface area contributed by atoms with Crippen molar-refractivity contribution in [2.24, 2.45) is 0 Å². The lowest BCUT2D eigenvalue weighted by Gasteiger charge is -2.03. The maximum absolute atomic E-state index is 5.74. The number of benzene rings is 1. The summed E-state index contributed by atoms with van der Waals surface area (Å²) in [4.78, 5) is 12.2. The molecule has 0 saturated carbocycles. The van der Waals surface area contributed by atoms with Crippen molar-refractivity contribution in [1.82, 2.24) is 19.5 Å². The minimum absolute atomic E-state index is 0. The van der Waals surface area contributed by atoms with E-state index in [1.165, 1.54) is 0 Å². The normalized spacial score (nSPS) is 10.2. The average Bonchev–Trinajstić information content (AvgIpc) is 2.74. The fraction of sp³-hybridized carbons (Fsp3) is 0. The minimum atomic E-state index is 0. The van der Waals surface area contributed by atoms with Crippen molar-refractivity contribution in [3.63, 3.8) is 0 Å². The molecule has 7 heteroatoms. The number of rotatable bonds is 1. The number of fused-ring (bicyclic) bond motifs is 1. The highest BCUT2D eigenvalue weighted by atomic mass is 35.5. The van der Waals surface area contributed by atoms with Crippen LogP contribution in [0.25, 0.3) is 16.9 Å². The first-order chi connectivity index (χ1) is 8.25. The fourth-order valence-corrected chi connectivity index (χ4v) is 1.72. The van der Waals surface area contributed by atoms with E-state index in [2.05, 4.69) is 15.0 Å². The predicted octanol–water partition coefficient (Wildman–Crippen LogP) is -2.02. The molecule has 0 aliphatic rings. The number of anilines is 2. The molecule has 2 aromatic heterocycles. The number of para-hydroxylation sites is 1. The first-order valence-electron chi connectivity index (χ1n) is 5.07. The van der Waals surface area contributed by atoms with Gasteiger partial charge in [-0.1, -0.05) is 18.2 Å². The van der Waals surface area contributed by atoms with Gasteiger partial charge in [-0.05, 0) is 12.1 Å². The number of nitrogens with zero attached hydrogens (tertiary/aromatic N) is 4. The summed E-state index contributed by atoms with van der Waals surface area (Å²) in [5, 5.41) is 0. The third-order valence-electron chi connectivity index (χ3n) is 2.47. The molecule has 0 bridgehead atoms. The molecule has 0 radical (unpaired) electrons. The van der Waals surface area contributed by atoms with Crippen molar-refractivity contribution in [2.45, 2.75) is 0 Å². The van der Waals surface area contributed by atoms with Crippen molar-refractivity contribution in [2.75, 3.05) is 11.5 Å². The van der Waals surface area contributed by atoms with Gasteiger partial charge in [0.05, 0.1) is 0 Å². The molecule has 2 heterocycles. The van der Waals surface area contributed by atoms with Crippen molar-refractivity contribution < 1.29 is 12.4 Å². The number of hydrogen-bond acceptors (Lipinski definition) is 5. The van der Waals surface area contributed by atoms with Gasteiger partial charge in [-0.15, -0.1) is 0 Å². The Hall–Kier alpha value is -2.34. The molecule has 6 nitrogen and oxygen atoms in total. The molecule has 0 amide bonds. The first kappa shape index (κ1) is 12.1. The highest BCUT2D eigenvalue weighted by Crippen LogP contribution is 2.20. The second kappa shape index (κ2) is 4.50. The summed E-state index contributed by atoms with van der Waals surface area (Å²) in [6.07, 6.45) is 1.66. The lowest BCUT2D eigenvalue weighted by molar-refractivity contribution is -0.00000376. The average molecular weight is 262 g/mol. The molecule has 0 atom stereocenters. The topological polar surface area (TPSA) is 95.6 Å². The predicted molar refractivity (Wildman–Crippen MR) is 65.5 cm³/mol. The summed E-state index contributed by atoms with van der Waals surface area (Å²) in [6, 6.07) is 9.73. The Bertz CT molecular complexity index is 679. The van der Waals surface area contributed by atoms with Gasteiger partial charge in [0, 0.05) is 5.69 Å². The van der Waals surface area contributed by atoms with E-state index in [9.17, 15) is 0 Å². The highest BCUT2D eigenvalue weighted by molar-refractivity contribution is 5.83. The van der Waals surface area contributed by atoms with Gasteiger partial charge in [-0.3, -0.25) is 4.57 Å². The molecule has 0 aliphatic heterocycles. The fourth-order valence-electron chi connectivity index (χ4n) is 1.72. The molecular weight excluding hydrogens is 252 g/mol. The SMILES string of the molecule is Nc1nc(N)c2ncn(-c3ccccc3)c2n1.[Cl-]. The standard InChI is InChI=1S/C11H10N6.ClH/c12-9-8-10(16-11(13)15-9)17(6-14-8)7-4-2-1-3-5-7;/h1-6H,(H4,12,13,15,16);1H/p-1. The molecule has 1 aromatic carbocycles. The molecule has 18 heavy (non-hydrogen) atoms. The second-order valence-corrected chi connectivity index (χ2v) is 3.59. The first-order valence-corrected chi connectivity index (χ1v) is 5.07. The summed E-state index contributed by atoms with van der Waals surface area (Å²) in [6.45, 7) is 0. The Morgan fingerprint density at radius 1 is 1.00 bits per heavy atom. The van der Waals surface area contributed by atoms with E-state index in [1.807, 2.05) is 34.9 Å². The van der Waals surface area contributed by atoms with Gasteiger partial charge >= 0.3 is 0 Å². The Labute approximate surface area is 109 Å². The zero-order chi connectivity index (χ0) is 11.8. The van der Waals surface area contributed by atoms with Crippen LogP contribution in [0.5, 0.6) is 0 Å². The largest absolute Gasteiger partial charge is 1.00 e. The van der Waals surface area contributed by atoms with Crippen molar-refractivity contribution in [3.8, 4) is 5.69 Å². The monoisotopic (exact) mass is 261 g/mol. The van der Waals surface area contributed by atoms with Crippen LogP contribution in [0.1, 0.15) is 0 Å². The smallest absolute Gasteiger partial charge is 0.224 e. The lowest BCUT2D eigenvalue weighted by atomic mass is 10.3. The molecule has 0 aliphatic carbocycles. The molecule has 3 aromatic rings. The zero-order valence-corrected chi connectivity index (χ0v) is 10.0. The quantitative estimate of drug-likeness (QED) is 0.527. The van der Waals surface area contributed by atoms with Gasteiger partial charge in [-0.25, -0.2) is 4.98 Å². The zero-order valence-electron chi connectivity index (χ0n) is 9.29. The van der Waals surface area contributed by atoms with Crippen LogP contribution < -0.4 is 23.9 Å². The minimum Gasteiger partial charge on any atom is -1.00 e. The summed E-state index contributed by atoms with van der Waals surface area (Å²) in [5.74, 6) is 0.440. The number of halogens is 1. The number of hydrogen-bond donors (Lipinski definition) is 2. The van der Waals surface area contributed by atoms with Crippen molar-refractivity contribution in [3.05, 3.63) is 36.7 Å². The maximum Gasteiger partial charge on any atom is 0.224 e. The molecule has 0 saturated heterocycles. The van der Waals surface area contributed by atoms with E-state index >= 15 is 0 Å². The van der Waals surface area contributed by atoms with Crippen LogP contribution in [0.2, 0.25) is 0 Å². The third kappa shape index (κ3) is 1.82.